The van der Waals surface area contributed by atoms with Crippen molar-refractivity contribution < 1.29 is 4.74 Å². The Hall–Kier alpha value is -3.01. The van der Waals surface area contributed by atoms with Crippen LogP contribution in [0.5, 0.6) is 5.75 Å². The van der Waals surface area contributed by atoms with Gasteiger partial charge in [0.15, 0.2) is 5.82 Å². The molecule has 2 fully saturated rings. The van der Waals surface area contributed by atoms with Gasteiger partial charge in [0, 0.05) is 41.0 Å². The summed E-state index contributed by atoms with van der Waals surface area (Å²) in [7, 11) is 1.73. The third-order valence-electron chi connectivity index (χ3n) is 7.72. The van der Waals surface area contributed by atoms with Gasteiger partial charge in [-0.1, -0.05) is 26.0 Å². The summed E-state index contributed by atoms with van der Waals surface area (Å²) in [6.07, 6.45) is 5.17. The topological polar surface area (TPSA) is 65.6 Å². The summed E-state index contributed by atoms with van der Waals surface area (Å²) in [5.74, 6) is 2.14. The number of aromatic nitrogens is 2. The number of thiophene rings is 1. The summed E-state index contributed by atoms with van der Waals surface area (Å²) in [6.45, 7) is 9.14. The van der Waals surface area contributed by atoms with Crippen LogP contribution in [0.25, 0.3) is 10.2 Å². The lowest BCUT2D eigenvalue weighted by molar-refractivity contribution is 0.208. The molecule has 2 aliphatic rings. The first-order valence-electron chi connectivity index (χ1n) is 14.3. The molecule has 9 heteroatoms. The fourth-order valence-corrected chi connectivity index (χ4v) is 7.44. The lowest BCUT2D eigenvalue weighted by atomic mass is 10.0. The summed E-state index contributed by atoms with van der Waals surface area (Å²) >= 11 is 3.49. The SMILES string of the molecule is COc1cc(N2CCC(N3CCCC3)CC2)ccc1Nc1nc(Nc2ccccc2SC(C)C)c2sccc2n1. The number of hydrogen-bond acceptors (Lipinski definition) is 9. The van der Waals surface area contributed by atoms with Crippen LogP contribution in [0.15, 0.2) is 58.8 Å². The Morgan fingerprint density at radius 2 is 1.75 bits per heavy atom. The second kappa shape index (κ2) is 12.2. The van der Waals surface area contributed by atoms with Crippen molar-refractivity contribution in [2.45, 2.75) is 55.7 Å². The van der Waals surface area contributed by atoms with Crippen LogP contribution in [-0.4, -0.2) is 59.4 Å². The molecule has 40 heavy (non-hydrogen) atoms. The van der Waals surface area contributed by atoms with Crippen LogP contribution in [0.4, 0.5) is 28.8 Å². The molecule has 210 valence electrons. The number of rotatable bonds is 9. The minimum Gasteiger partial charge on any atom is -0.494 e. The highest BCUT2D eigenvalue weighted by atomic mass is 32.2. The molecule has 7 nitrogen and oxygen atoms in total. The normalized spacial score (nSPS) is 16.6. The predicted octanol–water partition coefficient (Wildman–Crippen LogP) is 7.75. The van der Waals surface area contributed by atoms with Gasteiger partial charge in [-0.15, -0.1) is 23.1 Å². The number of fused-ring (bicyclic) bond motifs is 1. The van der Waals surface area contributed by atoms with Gasteiger partial charge in [-0.2, -0.15) is 4.98 Å². The Morgan fingerprint density at radius 3 is 2.52 bits per heavy atom. The average molecular weight is 575 g/mol. The molecule has 2 aromatic heterocycles. The van der Waals surface area contributed by atoms with Crippen LogP contribution in [-0.2, 0) is 0 Å². The molecule has 0 atom stereocenters. The van der Waals surface area contributed by atoms with Crippen molar-refractivity contribution in [3.8, 4) is 5.75 Å². The number of anilines is 5. The molecule has 0 radical (unpaired) electrons. The third kappa shape index (κ3) is 6.01. The molecule has 0 amide bonds. The molecular formula is C31H38N6OS2. The van der Waals surface area contributed by atoms with E-state index in [0.29, 0.717) is 11.2 Å². The molecule has 4 heterocycles. The first-order valence-corrected chi connectivity index (χ1v) is 16.1. The number of methoxy groups -OCH3 is 1. The molecular weight excluding hydrogens is 537 g/mol. The van der Waals surface area contributed by atoms with Crippen molar-refractivity contribution >= 4 is 62.1 Å². The minimum atomic E-state index is 0.485. The first kappa shape index (κ1) is 27.2. The van der Waals surface area contributed by atoms with Crippen LogP contribution >= 0.6 is 23.1 Å². The summed E-state index contributed by atoms with van der Waals surface area (Å²) in [6, 6.07) is 17.6. The van der Waals surface area contributed by atoms with E-state index in [-0.39, 0.29) is 0 Å². The maximum atomic E-state index is 5.83. The van der Waals surface area contributed by atoms with Crippen LogP contribution in [0.3, 0.4) is 0 Å². The predicted molar refractivity (Wildman–Crippen MR) is 170 cm³/mol. The van der Waals surface area contributed by atoms with Gasteiger partial charge < -0.3 is 25.2 Å². The van der Waals surface area contributed by atoms with Gasteiger partial charge in [0.25, 0.3) is 0 Å². The van der Waals surface area contributed by atoms with E-state index in [1.165, 1.54) is 49.4 Å². The zero-order chi connectivity index (χ0) is 27.5. The van der Waals surface area contributed by atoms with E-state index < -0.39 is 0 Å². The zero-order valence-corrected chi connectivity index (χ0v) is 25.2. The maximum absolute atomic E-state index is 5.83. The van der Waals surface area contributed by atoms with E-state index in [9.17, 15) is 0 Å². The van der Waals surface area contributed by atoms with Gasteiger partial charge >= 0.3 is 0 Å². The number of nitrogens with one attached hydrogen (secondary N) is 2. The van der Waals surface area contributed by atoms with Gasteiger partial charge in [-0.3, -0.25) is 0 Å². The van der Waals surface area contributed by atoms with Crippen LogP contribution < -0.4 is 20.3 Å². The number of para-hydroxylation sites is 1. The number of piperidine rings is 1. The maximum Gasteiger partial charge on any atom is 0.229 e. The lowest BCUT2D eigenvalue weighted by Crippen LogP contribution is -2.43. The molecule has 0 unspecified atom stereocenters. The summed E-state index contributed by atoms with van der Waals surface area (Å²) in [5, 5.41) is 9.58. The Bertz CT molecular complexity index is 1440. The summed E-state index contributed by atoms with van der Waals surface area (Å²) in [4.78, 5) is 16.1. The van der Waals surface area contributed by atoms with E-state index in [1.54, 1.807) is 18.4 Å². The van der Waals surface area contributed by atoms with Gasteiger partial charge in [0.05, 0.1) is 28.7 Å². The number of nitrogens with zero attached hydrogens (tertiary/aromatic N) is 4. The fourth-order valence-electron chi connectivity index (χ4n) is 5.75. The van der Waals surface area contributed by atoms with E-state index >= 15 is 0 Å². The highest BCUT2D eigenvalue weighted by Gasteiger charge is 2.27. The van der Waals surface area contributed by atoms with E-state index in [4.69, 9.17) is 14.7 Å². The molecule has 0 bridgehead atoms. The number of benzene rings is 2. The highest BCUT2D eigenvalue weighted by Crippen LogP contribution is 2.37. The van der Waals surface area contributed by atoms with Crippen LogP contribution in [0.2, 0.25) is 0 Å². The molecule has 0 spiro atoms. The number of thioether (sulfide) groups is 1. The quantitative estimate of drug-likeness (QED) is 0.197. The van der Waals surface area contributed by atoms with Crippen molar-refractivity contribution in [1.29, 1.82) is 0 Å². The average Bonchev–Trinajstić information content (AvgIpc) is 3.67. The zero-order valence-electron chi connectivity index (χ0n) is 23.5. The Morgan fingerprint density at radius 1 is 0.950 bits per heavy atom. The molecule has 2 aromatic carbocycles. The smallest absolute Gasteiger partial charge is 0.229 e. The van der Waals surface area contributed by atoms with Gasteiger partial charge in [0.1, 0.15) is 5.75 Å². The number of likely N-dealkylation sites (tertiary alicyclic amines) is 1. The van der Waals surface area contributed by atoms with E-state index in [2.05, 4.69) is 82.1 Å². The molecule has 6 rings (SSSR count). The Balaban J connectivity index is 1.21. The number of hydrogen-bond donors (Lipinski definition) is 2. The van der Waals surface area contributed by atoms with Crippen molar-refractivity contribution in [2.24, 2.45) is 0 Å². The monoisotopic (exact) mass is 574 g/mol. The first-order chi connectivity index (χ1) is 19.6. The second-order valence-corrected chi connectivity index (χ2v) is 13.3. The Labute approximate surface area is 245 Å². The van der Waals surface area contributed by atoms with Gasteiger partial charge in [0.2, 0.25) is 5.95 Å². The van der Waals surface area contributed by atoms with Gasteiger partial charge in [-0.05, 0) is 74.5 Å². The molecule has 4 aromatic rings. The molecule has 0 aliphatic carbocycles. The molecule has 0 saturated carbocycles. The van der Waals surface area contributed by atoms with E-state index in [1.807, 2.05) is 17.8 Å². The van der Waals surface area contributed by atoms with Crippen molar-refractivity contribution in [1.82, 2.24) is 14.9 Å². The summed E-state index contributed by atoms with van der Waals surface area (Å²) < 4.78 is 6.87. The molecule has 2 saturated heterocycles. The van der Waals surface area contributed by atoms with Crippen LogP contribution in [0, 0.1) is 0 Å². The standard InChI is InChI=1S/C31H38N6OS2/c1-21(2)40-28-9-5-4-8-25(28)32-30-29-26(14-19-39-29)34-31(35-30)33-24-11-10-23(20-27(24)38-3)37-17-12-22(13-18-37)36-15-6-7-16-36/h4-5,8-11,14,19-22H,6-7,12-13,15-18H2,1-3H3,(H2,32,33,34,35). The van der Waals surface area contributed by atoms with Crippen LogP contribution in [0.1, 0.15) is 39.5 Å². The fraction of sp³-hybridized carbons (Fsp3) is 0.419. The Kier molecular flexibility index (Phi) is 8.32. The van der Waals surface area contributed by atoms with Gasteiger partial charge in [-0.25, -0.2) is 4.98 Å². The van der Waals surface area contributed by atoms with E-state index in [0.717, 1.165) is 52.3 Å². The van der Waals surface area contributed by atoms with Crippen molar-refractivity contribution in [2.75, 3.05) is 48.8 Å². The summed E-state index contributed by atoms with van der Waals surface area (Å²) in [5.41, 5.74) is 4.03. The largest absolute Gasteiger partial charge is 0.494 e. The minimum absolute atomic E-state index is 0.485. The van der Waals surface area contributed by atoms with Crippen molar-refractivity contribution in [3.63, 3.8) is 0 Å². The molecule has 2 aliphatic heterocycles. The third-order valence-corrected chi connectivity index (χ3v) is 9.72. The number of ether oxygens (including phenoxy) is 1. The highest BCUT2D eigenvalue weighted by molar-refractivity contribution is 8.00. The lowest BCUT2D eigenvalue weighted by Gasteiger charge is -2.38. The second-order valence-electron chi connectivity index (χ2n) is 10.8. The van der Waals surface area contributed by atoms with Crippen molar-refractivity contribution in [3.05, 3.63) is 53.9 Å². The molecule has 2 N–H and O–H groups in total.